The molecule has 0 unspecified atom stereocenters. The first kappa shape index (κ1) is 18.3. The molecule has 0 spiro atoms. The van der Waals surface area contributed by atoms with Crippen LogP contribution in [0.4, 0.5) is 15.9 Å². The predicted molar refractivity (Wildman–Crippen MR) is 113 cm³/mol. The second kappa shape index (κ2) is 7.86. The molecule has 0 atom stereocenters. The quantitative estimate of drug-likeness (QED) is 0.407. The molecule has 0 fully saturated rings. The van der Waals surface area contributed by atoms with Crippen LogP contribution >= 0.6 is 11.8 Å². The van der Waals surface area contributed by atoms with Gasteiger partial charge in [0.05, 0.1) is 11.4 Å². The van der Waals surface area contributed by atoms with Crippen LogP contribution in [0.1, 0.15) is 5.56 Å². The number of aromatic nitrogens is 3. The van der Waals surface area contributed by atoms with Crippen molar-refractivity contribution in [2.75, 3.05) is 11.6 Å². The SMILES string of the molecule is CSc1nc(-c2ccnc(Nc3cccc(C)c3)c2)c(-c2ccc(F)cc2)[nH]1. The van der Waals surface area contributed by atoms with Gasteiger partial charge in [0.2, 0.25) is 0 Å². The Morgan fingerprint density at radius 2 is 1.82 bits per heavy atom. The molecule has 4 aromatic rings. The highest BCUT2D eigenvalue weighted by Gasteiger charge is 2.15. The lowest BCUT2D eigenvalue weighted by molar-refractivity contribution is 0.628. The van der Waals surface area contributed by atoms with E-state index in [0.717, 1.165) is 39.2 Å². The molecule has 0 saturated heterocycles. The van der Waals surface area contributed by atoms with Gasteiger partial charge < -0.3 is 10.3 Å². The van der Waals surface area contributed by atoms with Crippen molar-refractivity contribution in [3.63, 3.8) is 0 Å². The van der Waals surface area contributed by atoms with Gasteiger partial charge in [-0.2, -0.15) is 0 Å². The van der Waals surface area contributed by atoms with Gasteiger partial charge >= 0.3 is 0 Å². The van der Waals surface area contributed by atoms with Crippen molar-refractivity contribution in [1.82, 2.24) is 15.0 Å². The third kappa shape index (κ3) is 3.92. The molecule has 2 aromatic carbocycles. The van der Waals surface area contributed by atoms with Gasteiger partial charge in [-0.15, -0.1) is 0 Å². The summed E-state index contributed by atoms with van der Waals surface area (Å²) in [4.78, 5) is 12.5. The Hall–Kier alpha value is -3.12. The zero-order chi connectivity index (χ0) is 19.5. The Morgan fingerprint density at radius 3 is 2.57 bits per heavy atom. The number of H-pyrrole nitrogens is 1. The third-order valence-electron chi connectivity index (χ3n) is 4.33. The summed E-state index contributed by atoms with van der Waals surface area (Å²) < 4.78 is 13.3. The highest BCUT2D eigenvalue weighted by atomic mass is 32.2. The summed E-state index contributed by atoms with van der Waals surface area (Å²) in [5.41, 5.74) is 5.64. The number of aromatic amines is 1. The molecule has 0 bridgehead atoms. The van der Waals surface area contributed by atoms with Gasteiger partial charge in [-0.05, 0) is 67.3 Å². The van der Waals surface area contributed by atoms with Gasteiger partial charge in [0.1, 0.15) is 11.6 Å². The van der Waals surface area contributed by atoms with Crippen LogP contribution in [0.2, 0.25) is 0 Å². The lowest BCUT2D eigenvalue weighted by Gasteiger charge is -2.08. The molecule has 4 nitrogen and oxygen atoms in total. The second-order valence-corrected chi connectivity index (χ2v) is 7.20. The molecule has 2 aromatic heterocycles. The molecule has 0 aliphatic carbocycles. The maximum absolute atomic E-state index is 13.3. The van der Waals surface area contributed by atoms with E-state index in [1.165, 1.54) is 29.5 Å². The van der Waals surface area contributed by atoms with Gasteiger partial charge in [0.15, 0.2) is 5.16 Å². The summed E-state index contributed by atoms with van der Waals surface area (Å²) in [5, 5.41) is 4.14. The lowest BCUT2D eigenvalue weighted by atomic mass is 10.1. The van der Waals surface area contributed by atoms with E-state index in [1.807, 2.05) is 30.5 Å². The molecule has 0 aliphatic heterocycles. The van der Waals surface area contributed by atoms with Gasteiger partial charge in [-0.25, -0.2) is 14.4 Å². The number of benzene rings is 2. The number of nitrogens with one attached hydrogen (secondary N) is 2. The summed E-state index contributed by atoms with van der Waals surface area (Å²) in [7, 11) is 0. The molecule has 4 rings (SSSR count). The Balaban J connectivity index is 1.73. The van der Waals surface area contributed by atoms with Crippen molar-refractivity contribution in [2.24, 2.45) is 0 Å². The molecule has 6 heteroatoms. The average molecular weight is 390 g/mol. The molecule has 2 heterocycles. The van der Waals surface area contributed by atoms with Crippen molar-refractivity contribution < 1.29 is 4.39 Å². The van der Waals surface area contributed by atoms with Crippen molar-refractivity contribution in [3.8, 4) is 22.5 Å². The molecule has 0 saturated carbocycles. The van der Waals surface area contributed by atoms with Crippen molar-refractivity contribution >= 4 is 23.3 Å². The molecular formula is C22H19FN4S. The Morgan fingerprint density at radius 1 is 1.00 bits per heavy atom. The van der Waals surface area contributed by atoms with E-state index >= 15 is 0 Å². The fraction of sp³-hybridized carbons (Fsp3) is 0.0909. The van der Waals surface area contributed by atoms with E-state index in [-0.39, 0.29) is 5.82 Å². The number of halogens is 1. The highest BCUT2D eigenvalue weighted by Crippen LogP contribution is 2.33. The van der Waals surface area contributed by atoms with E-state index in [1.54, 1.807) is 18.3 Å². The summed E-state index contributed by atoms with van der Waals surface area (Å²) in [6.07, 6.45) is 3.73. The zero-order valence-corrected chi connectivity index (χ0v) is 16.3. The van der Waals surface area contributed by atoms with Crippen LogP contribution in [0.15, 0.2) is 72.0 Å². The highest BCUT2D eigenvalue weighted by molar-refractivity contribution is 7.98. The first-order valence-electron chi connectivity index (χ1n) is 8.82. The van der Waals surface area contributed by atoms with Crippen molar-refractivity contribution in [2.45, 2.75) is 12.1 Å². The lowest BCUT2D eigenvalue weighted by Crippen LogP contribution is -1.94. The number of nitrogens with zero attached hydrogens (tertiary/aromatic N) is 2. The van der Waals surface area contributed by atoms with Crippen LogP contribution in [-0.4, -0.2) is 21.2 Å². The maximum atomic E-state index is 13.3. The van der Waals surface area contributed by atoms with Crippen LogP contribution < -0.4 is 5.32 Å². The second-order valence-electron chi connectivity index (χ2n) is 6.40. The van der Waals surface area contributed by atoms with E-state index < -0.39 is 0 Å². The van der Waals surface area contributed by atoms with Gasteiger partial charge in [-0.1, -0.05) is 23.9 Å². The molecule has 0 aliphatic rings. The normalized spacial score (nSPS) is 10.8. The van der Waals surface area contributed by atoms with E-state index in [2.05, 4.69) is 34.3 Å². The van der Waals surface area contributed by atoms with Gasteiger partial charge in [0, 0.05) is 23.0 Å². The fourth-order valence-electron chi connectivity index (χ4n) is 3.00. The van der Waals surface area contributed by atoms with Gasteiger partial charge in [0.25, 0.3) is 0 Å². The maximum Gasteiger partial charge on any atom is 0.166 e. The Bertz CT molecular complexity index is 1110. The third-order valence-corrected chi connectivity index (χ3v) is 4.91. The monoisotopic (exact) mass is 390 g/mol. The number of hydrogen-bond acceptors (Lipinski definition) is 4. The number of anilines is 2. The van der Waals surface area contributed by atoms with E-state index in [4.69, 9.17) is 4.98 Å². The minimum Gasteiger partial charge on any atom is -0.340 e. The summed E-state index contributed by atoms with van der Waals surface area (Å²) in [6.45, 7) is 2.05. The van der Waals surface area contributed by atoms with Gasteiger partial charge in [-0.3, -0.25) is 0 Å². The molecule has 140 valence electrons. The number of thioether (sulfide) groups is 1. The topological polar surface area (TPSA) is 53.6 Å². The molecule has 0 radical (unpaired) electrons. The number of aryl methyl sites for hydroxylation is 1. The van der Waals surface area contributed by atoms with Crippen LogP contribution in [0.5, 0.6) is 0 Å². The number of hydrogen-bond donors (Lipinski definition) is 2. The van der Waals surface area contributed by atoms with Crippen LogP contribution in [0.3, 0.4) is 0 Å². The molecule has 2 N–H and O–H groups in total. The first-order chi connectivity index (χ1) is 13.6. The molecular weight excluding hydrogens is 371 g/mol. The van der Waals surface area contributed by atoms with Crippen LogP contribution in [0, 0.1) is 12.7 Å². The minimum absolute atomic E-state index is 0.261. The summed E-state index contributed by atoms with van der Waals surface area (Å²) >= 11 is 1.53. The van der Waals surface area contributed by atoms with Crippen molar-refractivity contribution in [1.29, 1.82) is 0 Å². The van der Waals surface area contributed by atoms with Crippen molar-refractivity contribution in [3.05, 3.63) is 78.2 Å². The fourth-order valence-corrected chi connectivity index (χ4v) is 3.39. The smallest absolute Gasteiger partial charge is 0.166 e. The minimum atomic E-state index is -0.261. The zero-order valence-electron chi connectivity index (χ0n) is 15.5. The van der Waals surface area contributed by atoms with E-state index in [9.17, 15) is 4.39 Å². The largest absolute Gasteiger partial charge is 0.340 e. The number of rotatable bonds is 5. The number of pyridine rings is 1. The Labute approximate surface area is 167 Å². The average Bonchev–Trinajstić information content (AvgIpc) is 3.13. The first-order valence-corrected chi connectivity index (χ1v) is 10.0. The molecule has 0 amide bonds. The standard InChI is InChI=1S/C22H19FN4S/c1-14-4-3-5-18(12-14)25-19-13-16(10-11-24-19)21-20(26-22(27-21)28-2)15-6-8-17(23)9-7-15/h3-13H,1-2H3,(H,24,25)(H,26,27). The van der Waals surface area contributed by atoms with Crippen LogP contribution in [-0.2, 0) is 0 Å². The molecule has 28 heavy (non-hydrogen) atoms. The number of imidazole rings is 1. The van der Waals surface area contributed by atoms with Crippen LogP contribution in [0.25, 0.3) is 22.5 Å². The summed E-state index contributed by atoms with van der Waals surface area (Å²) in [6, 6.07) is 18.4. The Kier molecular flexibility index (Phi) is 5.12. The van der Waals surface area contributed by atoms with E-state index in [0.29, 0.717) is 0 Å². The predicted octanol–water partition coefficient (Wildman–Crippen LogP) is 6.05. The summed E-state index contributed by atoms with van der Waals surface area (Å²) in [5.74, 6) is 0.477.